The summed E-state index contributed by atoms with van der Waals surface area (Å²) in [6, 6.07) is 0. The average molecular weight is 642 g/mol. The fourth-order valence-electron chi connectivity index (χ4n) is 2.54. The van der Waals surface area contributed by atoms with Crippen molar-refractivity contribution in [1.29, 1.82) is 0 Å². The molecular weight excluding hydrogens is 605 g/mol. The first-order valence-corrected chi connectivity index (χ1v) is 32.2. The minimum atomic E-state index is -2.49. The van der Waals surface area contributed by atoms with Crippen LogP contribution in [0.3, 0.4) is 0 Å². The molecule has 0 saturated carbocycles. The van der Waals surface area contributed by atoms with E-state index in [0.29, 0.717) is 0 Å². The predicted octanol–water partition coefficient (Wildman–Crippen LogP) is 7.88. The van der Waals surface area contributed by atoms with E-state index < -0.39 is 33.1 Å². The Morgan fingerprint density at radius 1 is 0.571 bits per heavy atom. The zero-order chi connectivity index (χ0) is 16.2. The SMILES string of the molecule is CCC[CH2][Sn]([Br])([CH2]CCC)[O][Sn]([Br])([CH2]CCC)[CH2]CCC. The molecule has 128 valence electrons. The van der Waals surface area contributed by atoms with Gasteiger partial charge in [-0.25, -0.2) is 0 Å². The summed E-state index contributed by atoms with van der Waals surface area (Å²) < 4.78 is 12.6. The summed E-state index contributed by atoms with van der Waals surface area (Å²) in [5, 5.41) is 0. The summed E-state index contributed by atoms with van der Waals surface area (Å²) in [7, 11) is 0. The number of halogens is 2. The molecular formula is C16H36Br2OSn2. The molecule has 0 atom stereocenters. The summed E-state index contributed by atoms with van der Waals surface area (Å²) >= 11 is 3.45. The van der Waals surface area contributed by atoms with E-state index in [1.807, 2.05) is 0 Å². The van der Waals surface area contributed by atoms with Crippen LogP contribution in [-0.2, 0) is 1.41 Å². The van der Waals surface area contributed by atoms with Gasteiger partial charge in [-0.05, 0) is 0 Å². The van der Waals surface area contributed by atoms with Gasteiger partial charge < -0.3 is 0 Å². The Bertz CT molecular complexity index is 212. The Kier molecular flexibility index (Phi) is 15.4. The van der Waals surface area contributed by atoms with E-state index >= 15 is 0 Å². The van der Waals surface area contributed by atoms with Gasteiger partial charge in [0.1, 0.15) is 0 Å². The Morgan fingerprint density at radius 2 is 0.810 bits per heavy atom. The molecule has 0 aliphatic rings. The summed E-state index contributed by atoms with van der Waals surface area (Å²) in [6.45, 7) is 9.21. The van der Waals surface area contributed by atoms with Crippen molar-refractivity contribution < 1.29 is 1.41 Å². The molecule has 1 nitrogen and oxygen atoms in total. The van der Waals surface area contributed by atoms with Crippen molar-refractivity contribution in [3.63, 3.8) is 0 Å². The van der Waals surface area contributed by atoms with Crippen molar-refractivity contribution in [1.82, 2.24) is 0 Å². The first-order valence-electron chi connectivity index (χ1n) is 9.03. The van der Waals surface area contributed by atoms with Crippen molar-refractivity contribution in [2.45, 2.75) is 96.8 Å². The van der Waals surface area contributed by atoms with Crippen LogP contribution in [0.15, 0.2) is 0 Å². The number of hydrogen-bond acceptors (Lipinski definition) is 1. The molecule has 0 fully saturated rings. The molecule has 0 aromatic rings. The van der Waals surface area contributed by atoms with E-state index in [1.165, 1.54) is 69.1 Å². The van der Waals surface area contributed by atoms with Crippen molar-refractivity contribution in [2.24, 2.45) is 0 Å². The van der Waals surface area contributed by atoms with Crippen molar-refractivity contribution in [2.75, 3.05) is 0 Å². The standard InChI is InChI=1S/4C4H9.2BrH.O.2Sn/c4*1-3-4-2;;;;;/h4*1,3-4H2,2H3;2*1H;;;/q;;;;;;;2*+1/p-2. The number of rotatable bonds is 14. The minimum absolute atomic E-state index is 1.30. The average Bonchev–Trinajstić information content (AvgIpc) is 2.47. The molecule has 0 aromatic heterocycles. The van der Waals surface area contributed by atoms with Crippen LogP contribution >= 0.6 is 25.4 Å². The van der Waals surface area contributed by atoms with Crippen molar-refractivity contribution in [3.8, 4) is 0 Å². The normalized spacial score (nSPS) is 12.9. The maximum absolute atomic E-state index is 7.09. The molecule has 0 heterocycles. The van der Waals surface area contributed by atoms with Crippen molar-refractivity contribution >= 4 is 58.5 Å². The predicted molar refractivity (Wildman–Crippen MR) is 109 cm³/mol. The van der Waals surface area contributed by atoms with Crippen LogP contribution in [0.2, 0.25) is 17.7 Å². The summed E-state index contributed by atoms with van der Waals surface area (Å²) in [6.07, 6.45) is 10.6. The third-order valence-corrected chi connectivity index (χ3v) is 57.8. The van der Waals surface area contributed by atoms with E-state index in [-0.39, 0.29) is 0 Å². The second-order valence-electron chi connectivity index (χ2n) is 6.28. The molecule has 0 spiro atoms. The molecule has 0 bridgehead atoms. The van der Waals surface area contributed by atoms with Gasteiger partial charge in [0.05, 0.1) is 0 Å². The Hall–Kier alpha value is 2.52. The van der Waals surface area contributed by atoms with Gasteiger partial charge >= 0.3 is 157 Å². The molecule has 0 aromatic carbocycles. The van der Waals surface area contributed by atoms with E-state index in [2.05, 4.69) is 53.1 Å². The van der Waals surface area contributed by atoms with Crippen LogP contribution in [0, 0.1) is 0 Å². The molecule has 0 saturated heterocycles. The molecule has 0 amide bonds. The van der Waals surface area contributed by atoms with Crippen LogP contribution in [0.4, 0.5) is 0 Å². The van der Waals surface area contributed by atoms with E-state index in [9.17, 15) is 0 Å². The molecule has 0 N–H and O–H groups in total. The first kappa shape index (κ1) is 23.5. The molecule has 0 radical (unpaired) electrons. The van der Waals surface area contributed by atoms with Gasteiger partial charge in [0.25, 0.3) is 0 Å². The van der Waals surface area contributed by atoms with E-state index in [1.54, 1.807) is 0 Å². The van der Waals surface area contributed by atoms with Gasteiger partial charge in [0.15, 0.2) is 0 Å². The topological polar surface area (TPSA) is 9.23 Å². The van der Waals surface area contributed by atoms with Gasteiger partial charge in [-0.3, -0.25) is 0 Å². The van der Waals surface area contributed by atoms with E-state index in [0.717, 1.165) is 0 Å². The van der Waals surface area contributed by atoms with Crippen LogP contribution < -0.4 is 0 Å². The van der Waals surface area contributed by atoms with Gasteiger partial charge in [0.2, 0.25) is 0 Å². The molecule has 5 heteroatoms. The quantitative estimate of drug-likeness (QED) is 0.176. The van der Waals surface area contributed by atoms with Gasteiger partial charge in [-0.2, -0.15) is 0 Å². The number of hydrogen-bond donors (Lipinski definition) is 0. The fourth-order valence-corrected chi connectivity index (χ4v) is 82.6. The Labute approximate surface area is 155 Å². The summed E-state index contributed by atoms with van der Waals surface area (Å²) in [4.78, 5) is 0. The molecule has 0 aliphatic carbocycles. The third-order valence-electron chi connectivity index (χ3n) is 3.98. The third kappa shape index (κ3) is 11.7. The zero-order valence-electron chi connectivity index (χ0n) is 14.6. The monoisotopic (exact) mass is 642 g/mol. The summed E-state index contributed by atoms with van der Waals surface area (Å²) in [5.74, 6) is 0. The second-order valence-corrected chi connectivity index (χ2v) is 46.0. The van der Waals surface area contributed by atoms with Crippen LogP contribution in [0.1, 0.15) is 79.1 Å². The molecule has 0 aliphatic heterocycles. The van der Waals surface area contributed by atoms with Crippen LogP contribution in [0.5, 0.6) is 0 Å². The van der Waals surface area contributed by atoms with Gasteiger partial charge in [-0.1, -0.05) is 0 Å². The molecule has 0 rings (SSSR count). The number of unbranched alkanes of at least 4 members (excludes halogenated alkanes) is 4. The second kappa shape index (κ2) is 13.8. The fraction of sp³-hybridized carbons (Fsp3) is 1.00. The van der Waals surface area contributed by atoms with Crippen LogP contribution in [-0.4, -0.2) is 33.1 Å². The van der Waals surface area contributed by atoms with Crippen molar-refractivity contribution in [3.05, 3.63) is 0 Å². The summed E-state index contributed by atoms with van der Waals surface area (Å²) in [5.41, 5.74) is 0. The first-order chi connectivity index (χ1) is 9.95. The molecule has 21 heavy (non-hydrogen) atoms. The maximum atomic E-state index is 7.09. The van der Waals surface area contributed by atoms with Gasteiger partial charge in [0, 0.05) is 0 Å². The zero-order valence-corrected chi connectivity index (χ0v) is 23.5. The Balaban J connectivity index is 4.80. The molecule has 0 unspecified atom stereocenters. The van der Waals surface area contributed by atoms with Gasteiger partial charge in [-0.15, -0.1) is 0 Å². The van der Waals surface area contributed by atoms with Crippen LogP contribution in [0.25, 0.3) is 0 Å². The Morgan fingerprint density at radius 3 is 1.00 bits per heavy atom. The van der Waals surface area contributed by atoms with E-state index in [4.69, 9.17) is 1.41 Å².